The summed E-state index contributed by atoms with van der Waals surface area (Å²) >= 11 is 5.29. The molecule has 0 aliphatic heterocycles. The first kappa shape index (κ1) is 18.5. The minimum atomic E-state index is -0.430. The molecule has 5 rings (SSSR count). The van der Waals surface area contributed by atoms with Crippen LogP contribution in [0.3, 0.4) is 0 Å². The van der Waals surface area contributed by atoms with Crippen molar-refractivity contribution < 1.29 is 9.18 Å². The first-order chi connectivity index (χ1) is 14.6. The molecule has 0 unspecified atom stereocenters. The molecule has 0 saturated heterocycles. The summed E-state index contributed by atoms with van der Waals surface area (Å²) in [6, 6.07) is 10.3. The molecule has 10 heteroatoms. The Morgan fingerprint density at radius 3 is 2.73 bits per heavy atom. The average molecular weight is 423 g/mol. The highest BCUT2D eigenvalue weighted by Gasteiger charge is 2.28. The maximum absolute atomic E-state index is 14.4. The van der Waals surface area contributed by atoms with Gasteiger partial charge in [0.15, 0.2) is 16.4 Å². The quantitative estimate of drug-likeness (QED) is 0.466. The van der Waals surface area contributed by atoms with Crippen molar-refractivity contribution in [3.8, 4) is 11.5 Å². The highest BCUT2D eigenvalue weighted by atomic mass is 32.1. The van der Waals surface area contributed by atoms with E-state index < -0.39 is 5.82 Å². The van der Waals surface area contributed by atoms with E-state index in [0.717, 1.165) is 12.8 Å². The van der Waals surface area contributed by atoms with Crippen LogP contribution in [0.5, 0.6) is 0 Å². The highest BCUT2D eigenvalue weighted by molar-refractivity contribution is 7.71. The number of H-pyrrole nitrogens is 1. The molecule has 1 aromatic carbocycles. The lowest BCUT2D eigenvalue weighted by molar-refractivity contribution is 0.0949. The van der Waals surface area contributed by atoms with Gasteiger partial charge >= 0.3 is 0 Å². The summed E-state index contributed by atoms with van der Waals surface area (Å²) in [7, 11) is 0. The third kappa shape index (κ3) is 3.24. The van der Waals surface area contributed by atoms with E-state index in [0.29, 0.717) is 28.0 Å². The maximum Gasteiger partial charge on any atom is 0.257 e. The number of para-hydroxylation sites is 1. The van der Waals surface area contributed by atoms with Gasteiger partial charge in [-0.15, -0.1) is 0 Å². The lowest BCUT2D eigenvalue weighted by Crippen LogP contribution is -2.25. The number of carbonyl (C=O) groups excluding carboxylic acids is 1. The third-order valence-corrected chi connectivity index (χ3v) is 5.30. The Morgan fingerprint density at radius 1 is 1.23 bits per heavy atom. The van der Waals surface area contributed by atoms with E-state index in [2.05, 4.69) is 20.6 Å². The molecule has 4 aromatic rings. The normalized spacial score (nSPS) is 13.5. The van der Waals surface area contributed by atoms with Gasteiger partial charge < -0.3 is 9.88 Å². The Labute approximate surface area is 176 Å². The first-order valence-electron chi connectivity index (χ1n) is 9.53. The van der Waals surface area contributed by atoms with Crippen LogP contribution in [0.1, 0.15) is 35.1 Å². The number of halogens is 1. The van der Waals surface area contributed by atoms with Gasteiger partial charge in [0, 0.05) is 18.4 Å². The molecule has 30 heavy (non-hydrogen) atoms. The fourth-order valence-electron chi connectivity index (χ4n) is 3.45. The number of carbonyl (C=O) groups is 1. The lowest BCUT2D eigenvalue weighted by Gasteiger charge is -2.12. The van der Waals surface area contributed by atoms with E-state index in [-0.39, 0.29) is 18.1 Å². The fraction of sp³-hybridized carbons (Fsp3) is 0.200. The van der Waals surface area contributed by atoms with E-state index in [4.69, 9.17) is 12.2 Å². The molecule has 1 saturated carbocycles. The van der Waals surface area contributed by atoms with E-state index >= 15 is 0 Å². The smallest absolute Gasteiger partial charge is 0.257 e. The van der Waals surface area contributed by atoms with Crippen LogP contribution in [-0.2, 0) is 6.54 Å². The Bertz CT molecular complexity index is 1270. The number of rotatable bonds is 6. The first-order valence-corrected chi connectivity index (χ1v) is 9.94. The molecule has 1 fully saturated rings. The molecule has 0 bridgehead atoms. The number of aromatic nitrogens is 6. The van der Waals surface area contributed by atoms with Crippen LogP contribution >= 0.6 is 12.2 Å². The Morgan fingerprint density at radius 2 is 2.00 bits per heavy atom. The molecule has 152 valence electrons. The Balaban J connectivity index is 1.48. The van der Waals surface area contributed by atoms with Gasteiger partial charge in [-0.05, 0) is 49.3 Å². The van der Waals surface area contributed by atoms with Crippen molar-refractivity contribution in [3.63, 3.8) is 0 Å². The van der Waals surface area contributed by atoms with Gasteiger partial charge in [0.1, 0.15) is 17.1 Å². The zero-order valence-corrected chi connectivity index (χ0v) is 16.6. The topological polar surface area (TPSA) is 85.5 Å². The van der Waals surface area contributed by atoms with E-state index in [1.54, 1.807) is 35.2 Å². The summed E-state index contributed by atoms with van der Waals surface area (Å²) < 4.78 is 20.1. The number of amides is 1. The standard InChI is InChI=1S/C20H18FN7OS/c21-15-5-1-2-6-16(15)28-19(26-9-3-4-10-26)14(11-23-28)18(29)22-12-17-24-25-20(30)27(17)13-7-8-13/h1-6,9-11,13H,7-8,12H2,(H,22,29)(H,25,30). The van der Waals surface area contributed by atoms with Crippen molar-refractivity contribution in [2.75, 3.05) is 0 Å². The molecular weight excluding hydrogens is 405 g/mol. The highest BCUT2D eigenvalue weighted by Crippen LogP contribution is 2.35. The second-order valence-corrected chi connectivity index (χ2v) is 7.45. The summed E-state index contributed by atoms with van der Waals surface area (Å²) in [5.41, 5.74) is 0.580. The van der Waals surface area contributed by atoms with Gasteiger partial charge in [-0.3, -0.25) is 14.5 Å². The van der Waals surface area contributed by atoms with Crippen LogP contribution in [0, 0.1) is 10.6 Å². The molecule has 0 spiro atoms. The minimum Gasteiger partial charge on any atom is -0.345 e. The van der Waals surface area contributed by atoms with Gasteiger partial charge in [0.2, 0.25) is 0 Å². The minimum absolute atomic E-state index is 0.221. The molecular formula is C20H18FN7OS. The second kappa shape index (κ2) is 7.38. The van der Waals surface area contributed by atoms with E-state index in [1.165, 1.54) is 16.9 Å². The second-order valence-electron chi connectivity index (χ2n) is 7.06. The average Bonchev–Trinajstić information content (AvgIpc) is 3.14. The van der Waals surface area contributed by atoms with Gasteiger partial charge in [0.25, 0.3) is 5.91 Å². The molecule has 1 amide bonds. The lowest BCUT2D eigenvalue weighted by atomic mass is 10.2. The van der Waals surface area contributed by atoms with Gasteiger partial charge in [0.05, 0.1) is 12.7 Å². The molecule has 3 aromatic heterocycles. The molecule has 1 aliphatic carbocycles. The van der Waals surface area contributed by atoms with Crippen molar-refractivity contribution in [2.45, 2.75) is 25.4 Å². The van der Waals surface area contributed by atoms with Gasteiger partial charge in [-0.2, -0.15) is 10.2 Å². The summed E-state index contributed by atoms with van der Waals surface area (Å²) in [6.45, 7) is 0.221. The number of hydrogen-bond acceptors (Lipinski definition) is 4. The number of nitrogens with one attached hydrogen (secondary N) is 2. The molecule has 8 nitrogen and oxygen atoms in total. The van der Waals surface area contributed by atoms with E-state index in [9.17, 15) is 9.18 Å². The van der Waals surface area contributed by atoms with Crippen LogP contribution in [0.25, 0.3) is 11.5 Å². The van der Waals surface area contributed by atoms with E-state index in [1.807, 2.05) is 16.7 Å². The molecule has 0 atom stereocenters. The number of aromatic amines is 1. The van der Waals surface area contributed by atoms with Crippen molar-refractivity contribution in [3.05, 3.63) is 77.0 Å². The molecule has 2 N–H and O–H groups in total. The Hall–Kier alpha value is -3.53. The zero-order chi connectivity index (χ0) is 20.7. The van der Waals surface area contributed by atoms with Crippen molar-refractivity contribution in [2.24, 2.45) is 0 Å². The van der Waals surface area contributed by atoms with Crippen LogP contribution in [-0.4, -0.2) is 35.0 Å². The molecule has 0 radical (unpaired) electrons. The molecule has 3 heterocycles. The molecule has 1 aliphatic rings. The maximum atomic E-state index is 14.4. The summed E-state index contributed by atoms with van der Waals surface area (Å²) in [5, 5.41) is 14.2. The summed E-state index contributed by atoms with van der Waals surface area (Å²) in [4.78, 5) is 13.0. The Kier molecular flexibility index (Phi) is 4.55. The summed E-state index contributed by atoms with van der Waals surface area (Å²) in [5.74, 6) is 0.363. The van der Waals surface area contributed by atoms with Crippen LogP contribution in [0.4, 0.5) is 4.39 Å². The number of benzene rings is 1. The fourth-order valence-corrected chi connectivity index (χ4v) is 3.75. The number of hydrogen-bond donors (Lipinski definition) is 2. The SMILES string of the molecule is O=C(NCc1n[nH]c(=S)n1C1CC1)c1cnn(-c2ccccc2F)c1-n1cccc1. The van der Waals surface area contributed by atoms with Crippen molar-refractivity contribution in [1.82, 2.24) is 34.4 Å². The van der Waals surface area contributed by atoms with Gasteiger partial charge in [-0.1, -0.05) is 12.1 Å². The zero-order valence-electron chi connectivity index (χ0n) is 15.8. The van der Waals surface area contributed by atoms with Gasteiger partial charge in [-0.25, -0.2) is 9.07 Å². The van der Waals surface area contributed by atoms with Crippen LogP contribution in [0.15, 0.2) is 55.0 Å². The summed E-state index contributed by atoms with van der Waals surface area (Å²) in [6.07, 6.45) is 7.12. The predicted molar refractivity (Wildman–Crippen MR) is 110 cm³/mol. The number of nitrogens with zero attached hydrogens (tertiary/aromatic N) is 5. The monoisotopic (exact) mass is 423 g/mol. The predicted octanol–water partition coefficient (Wildman–Crippen LogP) is 3.32. The largest absolute Gasteiger partial charge is 0.345 e. The van der Waals surface area contributed by atoms with Crippen molar-refractivity contribution in [1.29, 1.82) is 0 Å². The third-order valence-electron chi connectivity index (χ3n) is 5.01. The van der Waals surface area contributed by atoms with Crippen LogP contribution in [0.2, 0.25) is 0 Å². The van der Waals surface area contributed by atoms with Crippen molar-refractivity contribution >= 4 is 18.1 Å². The van der Waals surface area contributed by atoms with Crippen LogP contribution < -0.4 is 5.32 Å².